The average Bonchev–Trinajstić information content (AvgIpc) is 2.52. The van der Waals surface area contributed by atoms with Crippen molar-refractivity contribution >= 4 is 16.7 Å². The number of benzene rings is 2. The van der Waals surface area contributed by atoms with Gasteiger partial charge in [-0.2, -0.15) is 0 Å². The molecule has 0 saturated heterocycles. The van der Waals surface area contributed by atoms with E-state index in [4.69, 9.17) is 9.84 Å². The Balaban J connectivity index is 1.77. The molecule has 2 rings (SSSR count). The minimum Gasteiger partial charge on any atom is -0.493 e. The quantitative estimate of drug-likeness (QED) is 0.737. The van der Waals surface area contributed by atoms with E-state index in [1.165, 1.54) is 0 Å². The standard InChI is InChI=1S/C18H23NO3/c1-14(11-12-20)19-18(21)10-5-13-22-17-9-4-7-15-6-2-3-8-16(15)17/h2-4,6-9,14,20H,5,10-13H2,1H3,(H,19,21). The lowest BCUT2D eigenvalue weighted by Crippen LogP contribution is -2.33. The molecule has 2 aromatic carbocycles. The molecule has 1 amide bonds. The van der Waals surface area contributed by atoms with Crippen LogP contribution in [0.4, 0.5) is 0 Å². The Bertz CT molecular complexity index is 607. The third kappa shape index (κ3) is 4.74. The first-order chi connectivity index (χ1) is 10.7. The van der Waals surface area contributed by atoms with Crippen LogP contribution in [0.25, 0.3) is 10.8 Å². The molecule has 0 aromatic heterocycles. The zero-order valence-electron chi connectivity index (χ0n) is 12.9. The number of aliphatic hydroxyl groups is 1. The molecule has 2 aromatic rings. The second-order valence-electron chi connectivity index (χ2n) is 5.41. The molecule has 0 aliphatic carbocycles. The lowest BCUT2D eigenvalue weighted by atomic mass is 10.1. The van der Waals surface area contributed by atoms with Crippen molar-refractivity contribution in [1.29, 1.82) is 0 Å². The van der Waals surface area contributed by atoms with E-state index in [0.29, 0.717) is 25.9 Å². The number of ether oxygens (including phenoxy) is 1. The third-order valence-corrected chi connectivity index (χ3v) is 3.52. The fraction of sp³-hybridized carbons (Fsp3) is 0.389. The maximum atomic E-state index is 11.7. The van der Waals surface area contributed by atoms with E-state index in [-0.39, 0.29) is 18.6 Å². The van der Waals surface area contributed by atoms with Crippen molar-refractivity contribution in [3.63, 3.8) is 0 Å². The van der Waals surface area contributed by atoms with Gasteiger partial charge in [0, 0.05) is 24.5 Å². The first-order valence-corrected chi connectivity index (χ1v) is 7.71. The number of hydrogen-bond acceptors (Lipinski definition) is 3. The number of aliphatic hydroxyl groups excluding tert-OH is 1. The Labute approximate surface area is 131 Å². The summed E-state index contributed by atoms with van der Waals surface area (Å²) in [4.78, 5) is 11.7. The number of carbonyl (C=O) groups excluding carboxylic acids is 1. The van der Waals surface area contributed by atoms with E-state index in [1.807, 2.05) is 37.3 Å². The molecule has 118 valence electrons. The number of rotatable bonds is 8. The van der Waals surface area contributed by atoms with Crippen LogP contribution >= 0.6 is 0 Å². The van der Waals surface area contributed by atoms with Gasteiger partial charge in [-0.15, -0.1) is 0 Å². The number of nitrogens with one attached hydrogen (secondary N) is 1. The molecule has 1 unspecified atom stereocenters. The molecular formula is C18H23NO3. The normalized spacial score (nSPS) is 12.1. The molecule has 22 heavy (non-hydrogen) atoms. The van der Waals surface area contributed by atoms with Gasteiger partial charge in [0.15, 0.2) is 0 Å². The number of fused-ring (bicyclic) bond motifs is 1. The van der Waals surface area contributed by atoms with E-state index in [9.17, 15) is 4.79 Å². The van der Waals surface area contributed by atoms with Crippen LogP contribution < -0.4 is 10.1 Å². The fourth-order valence-corrected chi connectivity index (χ4v) is 2.35. The van der Waals surface area contributed by atoms with Crippen LogP contribution in [0.5, 0.6) is 5.75 Å². The van der Waals surface area contributed by atoms with Gasteiger partial charge in [-0.1, -0.05) is 36.4 Å². The third-order valence-electron chi connectivity index (χ3n) is 3.52. The Hall–Kier alpha value is -2.07. The van der Waals surface area contributed by atoms with Crippen LogP contribution in [0, 0.1) is 0 Å². The summed E-state index contributed by atoms with van der Waals surface area (Å²) in [5.41, 5.74) is 0. The van der Waals surface area contributed by atoms with E-state index in [2.05, 4.69) is 17.4 Å². The molecule has 4 nitrogen and oxygen atoms in total. The zero-order valence-corrected chi connectivity index (χ0v) is 12.9. The van der Waals surface area contributed by atoms with Gasteiger partial charge in [0.05, 0.1) is 6.61 Å². The first kappa shape index (κ1) is 16.3. The van der Waals surface area contributed by atoms with E-state index in [0.717, 1.165) is 16.5 Å². The predicted molar refractivity (Wildman–Crippen MR) is 88.0 cm³/mol. The molecule has 0 aliphatic heterocycles. The largest absolute Gasteiger partial charge is 0.493 e. The van der Waals surface area contributed by atoms with Crippen LogP contribution in [-0.4, -0.2) is 30.3 Å². The average molecular weight is 301 g/mol. The first-order valence-electron chi connectivity index (χ1n) is 7.71. The van der Waals surface area contributed by atoms with Gasteiger partial charge in [0.25, 0.3) is 0 Å². The van der Waals surface area contributed by atoms with Gasteiger partial charge in [0.2, 0.25) is 5.91 Å². The molecule has 0 aliphatic rings. The number of hydrogen-bond donors (Lipinski definition) is 2. The summed E-state index contributed by atoms with van der Waals surface area (Å²) < 4.78 is 5.80. The van der Waals surface area contributed by atoms with Crippen molar-refractivity contribution in [2.24, 2.45) is 0 Å². The number of carbonyl (C=O) groups is 1. The lowest BCUT2D eigenvalue weighted by Gasteiger charge is -2.13. The van der Waals surface area contributed by atoms with Gasteiger partial charge in [-0.3, -0.25) is 4.79 Å². The van der Waals surface area contributed by atoms with Gasteiger partial charge in [-0.05, 0) is 31.2 Å². The van der Waals surface area contributed by atoms with Gasteiger partial charge in [0.1, 0.15) is 5.75 Å². The van der Waals surface area contributed by atoms with Gasteiger partial charge < -0.3 is 15.2 Å². The highest BCUT2D eigenvalue weighted by Crippen LogP contribution is 2.25. The van der Waals surface area contributed by atoms with Crippen LogP contribution in [0.1, 0.15) is 26.2 Å². The predicted octanol–water partition coefficient (Wildman–Crippen LogP) is 2.89. The lowest BCUT2D eigenvalue weighted by molar-refractivity contribution is -0.122. The van der Waals surface area contributed by atoms with Crippen LogP contribution in [0.15, 0.2) is 42.5 Å². The summed E-state index contributed by atoms with van der Waals surface area (Å²) in [6.07, 6.45) is 1.68. The van der Waals surface area contributed by atoms with Crippen molar-refractivity contribution in [3.05, 3.63) is 42.5 Å². The van der Waals surface area contributed by atoms with Gasteiger partial charge in [-0.25, -0.2) is 0 Å². The molecule has 4 heteroatoms. The van der Waals surface area contributed by atoms with E-state index >= 15 is 0 Å². The van der Waals surface area contributed by atoms with Gasteiger partial charge >= 0.3 is 0 Å². The van der Waals surface area contributed by atoms with E-state index in [1.54, 1.807) is 0 Å². The summed E-state index contributed by atoms with van der Waals surface area (Å²) in [6, 6.07) is 14.1. The minimum atomic E-state index is 0.00229. The molecule has 2 N–H and O–H groups in total. The number of amides is 1. The Morgan fingerprint density at radius 1 is 1.23 bits per heavy atom. The molecule has 0 bridgehead atoms. The summed E-state index contributed by atoms with van der Waals surface area (Å²) in [7, 11) is 0. The maximum Gasteiger partial charge on any atom is 0.220 e. The maximum absolute atomic E-state index is 11.7. The second-order valence-corrected chi connectivity index (χ2v) is 5.41. The Kier molecular flexibility index (Phi) is 6.22. The molecule has 0 saturated carbocycles. The van der Waals surface area contributed by atoms with Crippen LogP contribution in [0.3, 0.4) is 0 Å². The molecule has 0 fully saturated rings. The molecular weight excluding hydrogens is 278 g/mol. The monoisotopic (exact) mass is 301 g/mol. The Morgan fingerprint density at radius 3 is 2.82 bits per heavy atom. The zero-order chi connectivity index (χ0) is 15.8. The van der Waals surface area contributed by atoms with Crippen molar-refractivity contribution in [2.45, 2.75) is 32.2 Å². The smallest absolute Gasteiger partial charge is 0.220 e. The summed E-state index contributed by atoms with van der Waals surface area (Å²) >= 11 is 0. The van der Waals surface area contributed by atoms with E-state index < -0.39 is 0 Å². The second kappa shape index (κ2) is 8.39. The highest BCUT2D eigenvalue weighted by Gasteiger charge is 2.07. The summed E-state index contributed by atoms with van der Waals surface area (Å²) in [5.74, 6) is 0.856. The topological polar surface area (TPSA) is 58.6 Å². The molecule has 1 atom stereocenters. The summed E-state index contributed by atoms with van der Waals surface area (Å²) in [6.45, 7) is 2.49. The SMILES string of the molecule is CC(CCO)NC(=O)CCCOc1cccc2ccccc12. The molecule has 0 spiro atoms. The molecule has 0 heterocycles. The molecule has 0 radical (unpaired) electrons. The Morgan fingerprint density at radius 2 is 2.00 bits per heavy atom. The summed E-state index contributed by atoms with van der Waals surface area (Å²) in [5, 5.41) is 13.9. The van der Waals surface area contributed by atoms with Crippen molar-refractivity contribution in [1.82, 2.24) is 5.32 Å². The van der Waals surface area contributed by atoms with Crippen molar-refractivity contribution in [3.8, 4) is 5.75 Å². The highest BCUT2D eigenvalue weighted by atomic mass is 16.5. The van der Waals surface area contributed by atoms with Crippen LogP contribution in [-0.2, 0) is 4.79 Å². The highest BCUT2D eigenvalue weighted by molar-refractivity contribution is 5.88. The fourth-order valence-electron chi connectivity index (χ4n) is 2.35. The van der Waals surface area contributed by atoms with Crippen molar-refractivity contribution < 1.29 is 14.6 Å². The van der Waals surface area contributed by atoms with Crippen LogP contribution in [0.2, 0.25) is 0 Å². The van der Waals surface area contributed by atoms with Crippen molar-refractivity contribution in [2.75, 3.05) is 13.2 Å². The minimum absolute atomic E-state index is 0.00229.